The third-order valence-corrected chi connectivity index (χ3v) is 4.09. The van der Waals surface area contributed by atoms with Crippen molar-refractivity contribution < 1.29 is 4.74 Å². The van der Waals surface area contributed by atoms with Gasteiger partial charge in [-0.2, -0.15) is 0 Å². The predicted octanol–water partition coefficient (Wildman–Crippen LogP) is 3.79. The average Bonchev–Trinajstić information content (AvgIpc) is 2.85. The minimum atomic E-state index is 0.904. The molecule has 0 amide bonds. The van der Waals surface area contributed by atoms with Gasteiger partial charge in [-0.25, -0.2) is 0 Å². The molecule has 1 aromatic heterocycles. The van der Waals surface area contributed by atoms with Crippen LogP contribution in [0.25, 0.3) is 22.2 Å². The maximum absolute atomic E-state index is 5.35. The Morgan fingerprint density at radius 2 is 2.00 bits per heavy atom. The van der Waals surface area contributed by atoms with Gasteiger partial charge in [0.2, 0.25) is 0 Å². The Bertz CT molecular complexity index is 804. The molecule has 4 rings (SSSR count). The molecular weight excluding hydrogens is 248 g/mol. The van der Waals surface area contributed by atoms with Gasteiger partial charge in [0.05, 0.1) is 12.8 Å². The van der Waals surface area contributed by atoms with Crippen molar-refractivity contribution in [2.24, 2.45) is 0 Å². The van der Waals surface area contributed by atoms with Crippen LogP contribution >= 0.6 is 0 Å². The second kappa shape index (κ2) is 4.04. The maximum atomic E-state index is 5.35. The number of para-hydroxylation sites is 1. The van der Waals surface area contributed by atoms with Crippen LogP contribution in [0.5, 0.6) is 5.75 Å². The lowest BCUT2D eigenvalue weighted by Crippen LogP contribution is -2.20. The molecule has 2 heterocycles. The summed E-state index contributed by atoms with van der Waals surface area (Å²) in [6, 6.07) is 14.7. The zero-order valence-electron chi connectivity index (χ0n) is 11.6. The molecule has 0 aliphatic carbocycles. The Balaban J connectivity index is 2.04. The minimum Gasteiger partial charge on any atom is -0.497 e. The summed E-state index contributed by atoms with van der Waals surface area (Å²) in [6.07, 6.45) is 0. The topological polar surface area (TPSA) is 28.3 Å². The lowest BCUT2D eigenvalue weighted by atomic mass is 9.98. The largest absolute Gasteiger partial charge is 0.497 e. The van der Waals surface area contributed by atoms with Gasteiger partial charge < -0.3 is 14.6 Å². The molecule has 0 saturated heterocycles. The van der Waals surface area contributed by atoms with Gasteiger partial charge in [-0.1, -0.05) is 18.2 Å². The molecule has 100 valence electrons. The number of rotatable bonds is 1. The van der Waals surface area contributed by atoms with Gasteiger partial charge in [0.1, 0.15) is 5.75 Å². The molecule has 20 heavy (non-hydrogen) atoms. The zero-order valence-corrected chi connectivity index (χ0v) is 11.6. The Kier molecular flexibility index (Phi) is 2.30. The average molecular weight is 264 g/mol. The van der Waals surface area contributed by atoms with Crippen LogP contribution in [-0.2, 0) is 6.54 Å². The first-order valence-corrected chi connectivity index (χ1v) is 6.77. The van der Waals surface area contributed by atoms with Gasteiger partial charge >= 0.3 is 0 Å². The summed E-state index contributed by atoms with van der Waals surface area (Å²) in [5, 5.41) is 1.25. The van der Waals surface area contributed by atoms with Crippen molar-refractivity contribution in [1.29, 1.82) is 0 Å². The molecule has 0 unspecified atom stereocenters. The van der Waals surface area contributed by atoms with E-state index in [0.717, 1.165) is 12.3 Å². The van der Waals surface area contributed by atoms with Crippen molar-refractivity contribution in [1.82, 2.24) is 4.98 Å². The van der Waals surface area contributed by atoms with E-state index < -0.39 is 0 Å². The van der Waals surface area contributed by atoms with Crippen molar-refractivity contribution >= 4 is 16.6 Å². The van der Waals surface area contributed by atoms with E-state index in [1.54, 1.807) is 7.11 Å². The summed E-state index contributed by atoms with van der Waals surface area (Å²) >= 11 is 0. The standard InChI is InChI=1S/C17H16N2O/c1-19-10-14-13-9-11(20-2)7-8-15(13)18-17(14)12-5-3-4-6-16(12)19/h3-9,18H,10H2,1-2H3. The molecule has 0 bridgehead atoms. The van der Waals surface area contributed by atoms with E-state index in [2.05, 4.69) is 53.3 Å². The Hall–Kier alpha value is -2.42. The van der Waals surface area contributed by atoms with Gasteiger partial charge in [0.15, 0.2) is 0 Å². The lowest BCUT2D eigenvalue weighted by Gasteiger charge is -2.27. The Labute approximate surface area is 117 Å². The summed E-state index contributed by atoms with van der Waals surface area (Å²) < 4.78 is 5.35. The number of ether oxygens (including phenoxy) is 1. The molecule has 3 nitrogen and oxygen atoms in total. The van der Waals surface area contributed by atoms with Crippen LogP contribution in [0.15, 0.2) is 42.5 Å². The van der Waals surface area contributed by atoms with Crippen LogP contribution in [0, 0.1) is 0 Å². The number of hydrogen-bond donors (Lipinski definition) is 1. The van der Waals surface area contributed by atoms with Crippen molar-refractivity contribution in [3.05, 3.63) is 48.0 Å². The van der Waals surface area contributed by atoms with Crippen LogP contribution in [0.4, 0.5) is 5.69 Å². The smallest absolute Gasteiger partial charge is 0.119 e. The van der Waals surface area contributed by atoms with Gasteiger partial charge in [0.25, 0.3) is 0 Å². The molecule has 0 saturated carbocycles. The normalized spacial score (nSPS) is 13.2. The number of nitrogens with zero attached hydrogens (tertiary/aromatic N) is 1. The number of anilines is 1. The fraction of sp³-hybridized carbons (Fsp3) is 0.176. The quantitative estimate of drug-likeness (QED) is 0.724. The fourth-order valence-corrected chi connectivity index (χ4v) is 3.09. The third-order valence-electron chi connectivity index (χ3n) is 4.09. The Morgan fingerprint density at radius 1 is 1.15 bits per heavy atom. The van der Waals surface area contributed by atoms with E-state index in [1.807, 2.05) is 6.07 Å². The van der Waals surface area contributed by atoms with E-state index in [9.17, 15) is 0 Å². The molecule has 0 atom stereocenters. The highest BCUT2D eigenvalue weighted by molar-refractivity contribution is 5.96. The monoisotopic (exact) mass is 264 g/mol. The number of aromatic amines is 1. The van der Waals surface area contributed by atoms with E-state index >= 15 is 0 Å². The van der Waals surface area contributed by atoms with Crippen LogP contribution in [0.1, 0.15) is 5.56 Å². The molecule has 0 fully saturated rings. The number of H-pyrrole nitrogens is 1. The second-order valence-corrected chi connectivity index (χ2v) is 5.26. The van der Waals surface area contributed by atoms with Crippen molar-refractivity contribution in [2.45, 2.75) is 6.54 Å². The molecule has 0 radical (unpaired) electrons. The number of fused-ring (bicyclic) bond motifs is 5. The number of aromatic nitrogens is 1. The molecular formula is C17H16N2O. The molecule has 0 spiro atoms. The van der Waals surface area contributed by atoms with Crippen LogP contribution in [0.3, 0.4) is 0 Å². The van der Waals surface area contributed by atoms with E-state index in [-0.39, 0.29) is 0 Å². The van der Waals surface area contributed by atoms with Crippen molar-refractivity contribution in [3.63, 3.8) is 0 Å². The highest BCUT2D eigenvalue weighted by atomic mass is 16.5. The first-order chi connectivity index (χ1) is 9.78. The summed E-state index contributed by atoms with van der Waals surface area (Å²) in [6.45, 7) is 0.916. The Morgan fingerprint density at radius 3 is 2.85 bits per heavy atom. The lowest BCUT2D eigenvalue weighted by molar-refractivity contribution is 0.415. The molecule has 3 heteroatoms. The molecule has 3 aromatic rings. The van der Waals surface area contributed by atoms with Crippen LogP contribution in [-0.4, -0.2) is 19.1 Å². The van der Waals surface area contributed by atoms with Gasteiger partial charge in [0, 0.05) is 41.3 Å². The summed E-state index contributed by atoms with van der Waals surface area (Å²) in [5.41, 5.74) is 6.30. The van der Waals surface area contributed by atoms with Crippen molar-refractivity contribution in [2.75, 3.05) is 19.1 Å². The van der Waals surface area contributed by atoms with E-state index in [1.165, 1.54) is 33.4 Å². The van der Waals surface area contributed by atoms with Gasteiger partial charge in [-0.3, -0.25) is 0 Å². The predicted molar refractivity (Wildman–Crippen MR) is 82.4 cm³/mol. The number of hydrogen-bond acceptors (Lipinski definition) is 2. The minimum absolute atomic E-state index is 0.904. The first-order valence-electron chi connectivity index (χ1n) is 6.77. The molecule has 2 aromatic carbocycles. The summed E-state index contributed by atoms with van der Waals surface area (Å²) in [4.78, 5) is 5.86. The fourth-order valence-electron chi connectivity index (χ4n) is 3.09. The van der Waals surface area contributed by atoms with E-state index in [0.29, 0.717) is 0 Å². The molecule has 1 aliphatic rings. The highest BCUT2D eigenvalue weighted by Gasteiger charge is 2.23. The molecule has 1 N–H and O–H groups in total. The SMILES string of the molecule is COc1ccc2[nH]c3c(c2c1)CN(C)c1ccccc1-3. The highest BCUT2D eigenvalue weighted by Crippen LogP contribution is 2.41. The van der Waals surface area contributed by atoms with Crippen molar-refractivity contribution in [3.8, 4) is 17.0 Å². The number of nitrogens with one attached hydrogen (secondary N) is 1. The maximum Gasteiger partial charge on any atom is 0.119 e. The number of methoxy groups -OCH3 is 1. The summed E-state index contributed by atoms with van der Waals surface area (Å²) in [5.74, 6) is 0.904. The summed E-state index contributed by atoms with van der Waals surface area (Å²) in [7, 11) is 3.85. The first kappa shape index (κ1) is 11.4. The van der Waals surface area contributed by atoms with Gasteiger partial charge in [-0.15, -0.1) is 0 Å². The van der Waals surface area contributed by atoms with Gasteiger partial charge in [-0.05, 0) is 24.3 Å². The third kappa shape index (κ3) is 1.46. The number of benzene rings is 2. The second-order valence-electron chi connectivity index (χ2n) is 5.26. The molecule has 1 aliphatic heterocycles. The zero-order chi connectivity index (χ0) is 13.7. The van der Waals surface area contributed by atoms with E-state index in [4.69, 9.17) is 4.74 Å². The van der Waals surface area contributed by atoms with Crippen LogP contribution in [0.2, 0.25) is 0 Å². The van der Waals surface area contributed by atoms with Crippen LogP contribution < -0.4 is 9.64 Å².